The molecule has 0 atom stereocenters. The minimum Gasteiger partial charge on any atom is -0.333 e. The number of hydrogen-bond donors (Lipinski definition) is 1. The lowest BCUT2D eigenvalue weighted by atomic mass is 10.4. The van der Waals surface area contributed by atoms with Crippen molar-refractivity contribution >= 4 is 0 Å². The van der Waals surface area contributed by atoms with E-state index in [0.29, 0.717) is 0 Å². The van der Waals surface area contributed by atoms with E-state index in [-0.39, 0.29) is 0 Å². The van der Waals surface area contributed by atoms with E-state index in [0.717, 1.165) is 31.7 Å². The van der Waals surface area contributed by atoms with Crippen LogP contribution in [0, 0.1) is 6.92 Å². The van der Waals surface area contributed by atoms with Gasteiger partial charge in [-0.25, -0.2) is 4.98 Å². The van der Waals surface area contributed by atoms with Gasteiger partial charge < -0.3 is 9.88 Å². The Kier molecular flexibility index (Phi) is 1.66. The number of fused-ring (bicyclic) bond motifs is 1. The smallest absolute Gasteiger partial charge is 0.110 e. The topological polar surface area (TPSA) is 29.9 Å². The second-order valence-electron chi connectivity index (χ2n) is 2.99. The summed E-state index contributed by atoms with van der Waals surface area (Å²) in [7, 11) is 0. The number of aryl methyl sites for hydroxylation is 1. The first kappa shape index (κ1) is 6.85. The molecule has 3 heteroatoms. The average Bonchev–Trinajstić information content (AvgIpc) is 2.17. The molecule has 3 nitrogen and oxygen atoms in total. The highest BCUT2D eigenvalue weighted by Crippen LogP contribution is 2.04. The molecule has 1 aliphatic rings. The Morgan fingerprint density at radius 3 is 3.36 bits per heavy atom. The van der Waals surface area contributed by atoms with Gasteiger partial charge in [0.15, 0.2) is 0 Å². The maximum absolute atomic E-state index is 4.43. The first-order valence-corrected chi connectivity index (χ1v) is 4.09. The number of nitrogens with zero attached hydrogens (tertiary/aromatic N) is 2. The van der Waals surface area contributed by atoms with Crippen molar-refractivity contribution in [3.05, 3.63) is 17.7 Å². The van der Waals surface area contributed by atoms with Crippen LogP contribution in [-0.4, -0.2) is 22.6 Å². The zero-order valence-electron chi connectivity index (χ0n) is 6.80. The zero-order valence-corrected chi connectivity index (χ0v) is 6.80. The molecule has 0 bridgehead atoms. The third kappa shape index (κ3) is 1.28. The van der Waals surface area contributed by atoms with Gasteiger partial charge in [-0.2, -0.15) is 0 Å². The quantitative estimate of drug-likeness (QED) is 0.579. The van der Waals surface area contributed by atoms with Crippen LogP contribution in [0.3, 0.4) is 0 Å². The predicted molar refractivity (Wildman–Crippen MR) is 43.5 cm³/mol. The third-order valence-corrected chi connectivity index (χ3v) is 2.03. The number of hydrogen-bond acceptors (Lipinski definition) is 2. The van der Waals surface area contributed by atoms with Crippen LogP contribution in [0.1, 0.15) is 11.5 Å². The lowest BCUT2D eigenvalue weighted by Gasteiger charge is -1.98. The van der Waals surface area contributed by atoms with E-state index in [2.05, 4.69) is 28.0 Å². The van der Waals surface area contributed by atoms with Gasteiger partial charge in [-0.05, 0) is 6.92 Å². The summed E-state index contributed by atoms with van der Waals surface area (Å²) in [6.07, 6.45) is 3.19. The van der Waals surface area contributed by atoms with Crippen molar-refractivity contribution in [2.24, 2.45) is 0 Å². The summed E-state index contributed by atoms with van der Waals surface area (Å²) >= 11 is 0. The van der Waals surface area contributed by atoms with Gasteiger partial charge in [0.05, 0.1) is 5.69 Å². The van der Waals surface area contributed by atoms with E-state index in [1.807, 2.05) is 0 Å². The second kappa shape index (κ2) is 2.66. The van der Waals surface area contributed by atoms with Crippen LogP contribution in [0.4, 0.5) is 0 Å². The standard InChI is InChI=1S/C8H13N3/c1-7-6-11-5-4-9-3-2-8(11)10-7/h6,9H,2-5H2,1H3. The Balaban J connectivity index is 2.32. The summed E-state index contributed by atoms with van der Waals surface area (Å²) in [6.45, 7) is 5.25. The molecule has 11 heavy (non-hydrogen) atoms. The van der Waals surface area contributed by atoms with Gasteiger partial charge in [-0.3, -0.25) is 0 Å². The first-order valence-electron chi connectivity index (χ1n) is 4.09. The van der Waals surface area contributed by atoms with Crippen molar-refractivity contribution in [2.75, 3.05) is 13.1 Å². The zero-order chi connectivity index (χ0) is 7.68. The molecule has 0 unspecified atom stereocenters. The van der Waals surface area contributed by atoms with Gasteiger partial charge >= 0.3 is 0 Å². The summed E-state index contributed by atoms with van der Waals surface area (Å²) in [4.78, 5) is 4.43. The Hall–Kier alpha value is -0.830. The first-order chi connectivity index (χ1) is 5.36. The van der Waals surface area contributed by atoms with Crippen LogP contribution < -0.4 is 5.32 Å². The van der Waals surface area contributed by atoms with Crippen molar-refractivity contribution in [1.82, 2.24) is 14.9 Å². The van der Waals surface area contributed by atoms with Crippen molar-refractivity contribution in [3.63, 3.8) is 0 Å². The maximum Gasteiger partial charge on any atom is 0.110 e. The van der Waals surface area contributed by atoms with Crippen LogP contribution >= 0.6 is 0 Å². The minimum absolute atomic E-state index is 1.06. The van der Waals surface area contributed by atoms with Crippen molar-refractivity contribution < 1.29 is 0 Å². The molecule has 0 aromatic carbocycles. The number of nitrogens with one attached hydrogen (secondary N) is 1. The normalized spacial score (nSPS) is 17.5. The molecule has 0 saturated heterocycles. The minimum atomic E-state index is 1.06. The monoisotopic (exact) mass is 151 g/mol. The predicted octanol–water partition coefficient (Wildman–Crippen LogP) is 0.337. The lowest BCUT2D eigenvalue weighted by Crippen LogP contribution is -2.17. The Labute approximate surface area is 66.4 Å². The number of imidazole rings is 1. The molecule has 0 spiro atoms. The highest BCUT2D eigenvalue weighted by Gasteiger charge is 2.07. The fourth-order valence-electron chi connectivity index (χ4n) is 1.51. The molecule has 2 rings (SSSR count). The van der Waals surface area contributed by atoms with E-state index < -0.39 is 0 Å². The van der Waals surface area contributed by atoms with Crippen LogP contribution in [0.25, 0.3) is 0 Å². The van der Waals surface area contributed by atoms with Crippen molar-refractivity contribution in [2.45, 2.75) is 19.9 Å². The SMILES string of the molecule is Cc1cn2c(n1)CCNCC2. The number of aromatic nitrogens is 2. The lowest BCUT2D eigenvalue weighted by molar-refractivity contribution is 0.645. The molecule has 60 valence electrons. The summed E-state index contributed by atoms with van der Waals surface area (Å²) in [5.41, 5.74) is 1.14. The largest absolute Gasteiger partial charge is 0.333 e. The highest BCUT2D eigenvalue weighted by atomic mass is 15.1. The molecule has 0 saturated carbocycles. The summed E-state index contributed by atoms with van der Waals surface area (Å²) in [5, 5.41) is 3.34. The van der Waals surface area contributed by atoms with E-state index in [1.165, 1.54) is 5.82 Å². The molecule has 2 heterocycles. The fourth-order valence-corrected chi connectivity index (χ4v) is 1.51. The molecular weight excluding hydrogens is 138 g/mol. The van der Waals surface area contributed by atoms with E-state index in [9.17, 15) is 0 Å². The van der Waals surface area contributed by atoms with Gasteiger partial charge in [0.25, 0.3) is 0 Å². The molecule has 0 radical (unpaired) electrons. The van der Waals surface area contributed by atoms with Crippen LogP contribution in [0.2, 0.25) is 0 Å². The summed E-state index contributed by atoms with van der Waals surface area (Å²) in [6, 6.07) is 0. The molecule has 1 aromatic rings. The molecule has 1 aromatic heterocycles. The third-order valence-electron chi connectivity index (χ3n) is 2.03. The van der Waals surface area contributed by atoms with E-state index >= 15 is 0 Å². The highest BCUT2D eigenvalue weighted by molar-refractivity contribution is 5.03. The van der Waals surface area contributed by atoms with Crippen LogP contribution in [-0.2, 0) is 13.0 Å². The van der Waals surface area contributed by atoms with Crippen LogP contribution in [0.15, 0.2) is 6.20 Å². The molecule has 0 amide bonds. The van der Waals surface area contributed by atoms with Gasteiger partial charge in [0, 0.05) is 32.3 Å². The Morgan fingerprint density at radius 1 is 1.55 bits per heavy atom. The second-order valence-corrected chi connectivity index (χ2v) is 2.99. The van der Waals surface area contributed by atoms with Gasteiger partial charge in [0.2, 0.25) is 0 Å². The maximum atomic E-state index is 4.43. The van der Waals surface area contributed by atoms with Gasteiger partial charge in [-0.15, -0.1) is 0 Å². The van der Waals surface area contributed by atoms with Gasteiger partial charge in [-0.1, -0.05) is 0 Å². The van der Waals surface area contributed by atoms with E-state index in [4.69, 9.17) is 0 Å². The van der Waals surface area contributed by atoms with Crippen molar-refractivity contribution in [1.29, 1.82) is 0 Å². The van der Waals surface area contributed by atoms with Gasteiger partial charge in [0.1, 0.15) is 5.82 Å². The van der Waals surface area contributed by atoms with Crippen molar-refractivity contribution in [3.8, 4) is 0 Å². The molecule has 1 aliphatic heterocycles. The Bertz CT molecular complexity index is 228. The summed E-state index contributed by atoms with van der Waals surface area (Å²) < 4.78 is 2.25. The summed E-state index contributed by atoms with van der Waals surface area (Å²) in [5.74, 6) is 1.23. The van der Waals surface area contributed by atoms with Crippen LogP contribution in [0.5, 0.6) is 0 Å². The van der Waals surface area contributed by atoms with E-state index in [1.54, 1.807) is 0 Å². The molecular formula is C8H13N3. The average molecular weight is 151 g/mol. The Morgan fingerprint density at radius 2 is 2.45 bits per heavy atom. The number of rotatable bonds is 0. The fraction of sp³-hybridized carbons (Fsp3) is 0.625. The molecule has 0 fully saturated rings. The molecule has 0 aliphatic carbocycles. The molecule has 1 N–H and O–H groups in total.